The number of hydrogen-bond acceptors (Lipinski definition) is 5. The lowest BCUT2D eigenvalue weighted by atomic mass is 10.1. The van der Waals surface area contributed by atoms with E-state index in [1.165, 1.54) is 0 Å². The molecule has 6 nitrogen and oxygen atoms in total. The molecular formula is C18H29ClN4O2. The summed E-state index contributed by atoms with van der Waals surface area (Å²) in [6.45, 7) is 14.9. The normalized spacial score (nSPS) is 19.2. The van der Waals surface area contributed by atoms with E-state index in [0.717, 1.165) is 25.5 Å². The molecule has 1 fully saturated rings. The van der Waals surface area contributed by atoms with E-state index < -0.39 is 11.7 Å². The van der Waals surface area contributed by atoms with Crippen LogP contribution in [-0.2, 0) is 4.74 Å². The van der Waals surface area contributed by atoms with Gasteiger partial charge in [-0.1, -0.05) is 11.6 Å². The average molecular weight is 369 g/mol. The van der Waals surface area contributed by atoms with E-state index in [4.69, 9.17) is 16.3 Å². The summed E-state index contributed by atoms with van der Waals surface area (Å²) in [4.78, 5) is 21.2. The zero-order chi connectivity index (χ0) is 18.8. The second-order valence-corrected chi connectivity index (χ2v) is 8.19. The van der Waals surface area contributed by atoms with E-state index in [-0.39, 0.29) is 0 Å². The lowest BCUT2D eigenvalue weighted by molar-refractivity contribution is 0.0636. The number of nitrogens with zero attached hydrogens (tertiary/aromatic N) is 3. The summed E-state index contributed by atoms with van der Waals surface area (Å²) in [6.07, 6.45) is 1.05. The molecule has 0 unspecified atom stereocenters. The smallest absolute Gasteiger partial charge is 0.412 e. The van der Waals surface area contributed by atoms with Gasteiger partial charge in [0.15, 0.2) is 0 Å². The summed E-state index contributed by atoms with van der Waals surface area (Å²) in [7, 11) is 0. The molecule has 140 valence electrons. The van der Waals surface area contributed by atoms with Crippen LogP contribution in [0.5, 0.6) is 0 Å². The minimum atomic E-state index is -0.561. The minimum Gasteiger partial charge on any atom is -0.444 e. The number of nitrogens with one attached hydrogen (secondary N) is 1. The summed E-state index contributed by atoms with van der Waals surface area (Å²) in [5, 5.41) is 3.11. The largest absolute Gasteiger partial charge is 0.444 e. The highest BCUT2D eigenvalue weighted by atomic mass is 35.5. The van der Waals surface area contributed by atoms with Crippen LogP contribution in [-0.4, -0.2) is 53.3 Å². The van der Waals surface area contributed by atoms with Crippen molar-refractivity contribution >= 4 is 29.2 Å². The van der Waals surface area contributed by atoms with Crippen molar-refractivity contribution in [2.24, 2.45) is 0 Å². The van der Waals surface area contributed by atoms with Gasteiger partial charge in [0.1, 0.15) is 11.4 Å². The lowest BCUT2D eigenvalue weighted by Gasteiger charge is -2.42. The van der Waals surface area contributed by atoms with Gasteiger partial charge in [0.25, 0.3) is 0 Å². The molecule has 1 aromatic rings. The van der Waals surface area contributed by atoms with Gasteiger partial charge >= 0.3 is 6.09 Å². The third-order valence-corrected chi connectivity index (χ3v) is 4.46. The van der Waals surface area contributed by atoms with E-state index >= 15 is 0 Å². The summed E-state index contributed by atoms with van der Waals surface area (Å²) in [6, 6.07) is 2.68. The van der Waals surface area contributed by atoms with Crippen molar-refractivity contribution in [3.05, 3.63) is 17.3 Å². The zero-order valence-electron chi connectivity index (χ0n) is 16.0. The maximum Gasteiger partial charge on any atom is 0.412 e. The molecule has 1 aliphatic heterocycles. The number of amides is 1. The van der Waals surface area contributed by atoms with Crippen LogP contribution >= 0.6 is 11.6 Å². The van der Waals surface area contributed by atoms with Crippen molar-refractivity contribution in [2.75, 3.05) is 29.9 Å². The number of ether oxygens (including phenoxy) is 1. The molecule has 1 aromatic heterocycles. The molecule has 25 heavy (non-hydrogen) atoms. The summed E-state index contributed by atoms with van der Waals surface area (Å²) in [5.41, 5.74) is -0.0481. The van der Waals surface area contributed by atoms with Crippen LogP contribution < -0.4 is 10.2 Å². The fourth-order valence-corrected chi connectivity index (χ4v) is 3.04. The first kappa shape index (κ1) is 19.8. The van der Waals surface area contributed by atoms with Crippen molar-refractivity contribution in [1.82, 2.24) is 9.88 Å². The highest BCUT2D eigenvalue weighted by molar-refractivity contribution is 6.33. The first-order valence-electron chi connectivity index (χ1n) is 8.73. The van der Waals surface area contributed by atoms with Crippen LogP contribution in [0.25, 0.3) is 0 Å². The molecule has 0 spiro atoms. The van der Waals surface area contributed by atoms with Crippen LogP contribution in [0, 0.1) is 0 Å². The molecule has 0 bridgehead atoms. The molecule has 0 aliphatic carbocycles. The van der Waals surface area contributed by atoms with Gasteiger partial charge in [-0.3, -0.25) is 10.2 Å². The topological polar surface area (TPSA) is 57.7 Å². The van der Waals surface area contributed by atoms with Crippen LogP contribution in [0.2, 0.25) is 5.02 Å². The summed E-state index contributed by atoms with van der Waals surface area (Å²) >= 11 is 6.19. The molecule has 1 aliphatic rings. The van der Waals surface area contributed by atoms with Gasteiger partial charge in [-0.15, -0.1) is 0 Å². The summed E-state index contributed by atoms with van der Waals surface area (Å²) < 4.78 is 5.29. The Hall–Kier alpha value is -1.53. The standard InChI is InChI=1S/C18H29ClN4O2/c1-12(2)22-7-8-23(13(3)11-22)16-9-15(14(19)10-20-16)21-17(24)25-18(4,5)6/h9-10,12-13H,7-8,11H2,1-6H3,(H,20,21,24)/t13-/m0/s1. The maximum absolute atomic E-state index is 12.0. The first-order chi connectivity index (χ1) is 11.6. The Kier molecular flexibility index (Phi) is 6.16. The van der Waals surface area contributed by atoms with Gasteiger partial charge in [0, 0.05) is 37.8 Å². The highest BCUT2D eigenvalue weighted by Gasteiger charge is 2.26. The zero-order valence-corrected chi connectivity index (χ0v) is 16.7. The minimum absolute atomic E-state index is 0.333. The van der Waals surface area contributed by atoms with E-state index in [0.29, 0.717) is 22.8 Å². The Labute approximate surface area is 155 Å². The van der Waals surface area contributed by atoms with Gasteiger partial charge in [-0.2, -0.15) is 0 Å². The Bertz CT molecular complexity index is 616. The number of anilines is 2. The predicted molar refractivity (Wildman–Crippen MR) is 103 cm³/mol. The van der Waals surface area contributed by atoms with Crippen molar-refractivity contribution in [3.63, 3.8) is 0 Å². The van der Waals surface area contributed by atoms with Gasteiger partial charge < -0.3 is 9.64 Å². The fourth-order valence-electron chi connectivity index (χ4n) is 2.89. The third-order valence-electron chi connectivity index (χ3n) is 4.16. The molecule has 1 amide bonds. The van der Waals surface area contributed by atoms with Crippen molar-refractivity contribution in [2.45, 2.75) is 59.2 Å². The Morgan fingerprint density at radius 1 is 1.40 bits per heavy atom. The van der Waals surface area contributed by atoms with Gasteiger partial charge in [0.2, 0.25) is 0 Å². The fraction of sp³-hybridized carbons (Fsp3) is 0.667. The third kappa shape index (κ3) is 5.47. The molecule has 2 rings (SSSR count). The molecule has 7 heteroatoms. The molecule has 1 saturated heterocycles. The SMILES string of the molecule is CC(C)N1CCN(c2cc(NC(=O)OC(C)(C)C)c(Cl)cn2)[C@@H](C)C1. The van der Waals surface area contributed by atoms with Crippen LogP contribution in [0.4, 0.5) is 16.3 Å². The first-order valence-corrected chi connectivity index (χ1v) is 9.11. The van der Waals surface area contributed by atoms with E-state index in [2.05, 4.69) is 40.9 Å². The number of pyridine rings is 1. The number of carbonyl (C=O) groups is 1. The van der Waals surface area contributed by atoms with Crippen LogP contribution in [0.3, 0.4) is 0 Å². The Morgan fingerprint density at radius 2 is 2.08 bits per heavy atom. The number of rotatable bonds is 3. The lowest BCUT2D eigenvalue weighted by Crippen LogP contribution is -2.54. The van der Waals surface area contributed by atoms with Crippen LogP contribution in [0.1, 0.15) is 41.5 Å². The monoisotopic (exact) mass is 368 g/mol. The average Bonchev–Trinajstić information content (AvgIpc) is 2.47. The highest BCUT2D eigenvalue weighted by Crippen LogP contribution is 2.28. The Balaban J connectivity index is 2.12. The molecular weight excluding hydrogens is 340 g/mol. The van der Waals surface area contributed by atoms with Crippen molar-refractivity contribution < 1.29 is 9.53 Å². The van der Waals surface area contributed by atoms with Gasteiger partial charge in [0.05, 0.1) is 16.9 Å². The second-order valence-electron chi connectivity index (χ2n) is 7.78. The molecule has 1 atom stereocenters. The quantitative estimate of drug-likeness (QED) is 0.873. The molecule has 2 heterocycles. The number of halogens is 1. The number of aromatic nitrogens is 1. The molecule has 1 N–H and O–H groups in total. The van der Waals surface area contributed by atoms with E-state index in [1.54, 1.807) is 6.20 Å². The van der Waals surface area contributed by atoms with Crippen molar-refractivity contribution in [1.29, 1.82) is 0 Å². The van der Waals surface area contributed by atoms with Gasteiger partial charge in [-0.05, 0) is 41.5 Å². The number of carbonyl (C=O) groups excluding carboxylic acids is 1. The molecule has 0 aromatic carbocycles. The summed E-state index contributed by atoms with van der Waals surface area (Å²) in [5.74, 6) is 0.811. The second kappa shape index (κ2) is 7.79. The van der Waals surface area contributed by atoms with E-state index in [9.17, 15) is 4.79 Å². The van der Waals surface area contributed by atoms with Crippen molar-refractivity contribution in [3.8, 4) is 0 Å². The van der Waals surface area contributed by atoms with E-state index in [1.807, 2.05) is 26.8 Å². The molecule has 0 radical (unpaired) electrons. The number of hydrogen-bond donors (Lipinski definition) is 1. The molecule has 0 saturated carbocycles. The van der Waals surface area contributed by atoms with Crippen LogP contribution in [0.15, 0.2) is 12.3 Å². The maximum atomic E-state index is 12.0. The van der Waals surface area contributed by atoms with Gasteiger partial charge in [-0.25, -0.2) is 9.78 Å². The predicted octanol–water partition coefficient (Wildman–Crippen LogP) is 4.00. The Morgan fingerprint density at radius 3 is 2.64 bits per heavy atom. The number of piperazine rings is 1.